The number of rotatable bonds is 11. The van der Waals surface area contributed by atoms with Crippen LogP contribution in [0.25, 0.3) is 0 Å². The van der Waals surface area contributed by atoms with E-state index in [4.69, 9.17) is 4.74 Å². The number of Topliss-reactive ketones (excluding diaryl/α,β-unsaturated/α-hetero) is 1. The van der Waals surface area contributed by atoms with Gasteiger partial charge in [0.1, 0.15) is 11.6 Å². The van der Waals surface area contributed by atoms with Gasteiger partial charge in [-0.1, -0.05) is 72.8 Å². The van der Waals surface area contributed by atoms with Crippen molar-refractivity contribution in [3.05, 3.63) is 107 Å². The summed E-state index contributed by atoms with van der Waals surface area (Å²) in [6, 6.07) is 25.7. The Morgan fingerprint density at radius 1 is 0.929 bits per heavy atom. The molecule has 42 heavy (non-hydrogen) atoms. The highest BCUT2D eigenvalue weighted by atomic mass is 16.6. The van der Waals surface area contributed by atoms with Crippen LogP contribution in [0.2, 0.25) is 0 Å². The summed E-state index contributed by atoms with van der Waals surface area (Å²) < 4.78 is 5.52. The molecule has 3 aromatic carbocycles. The number of hydrogen-bond acceptors (Lipinski definition) is 7. The standard InChI is InChI=1S/C34H38N4O4/c1-34(2,3)42-28(39)22-37-31(29(24-11-6-4-7-12-24)25-13-8-5-9-14-25)33(41)38-30(32(40)27-15-10-20-36-27)26-18-16-23(21-35)17-19-26/h4-9,11-14,16-19,27,29-31,36-37H,10,15,20,22H2,1-3H3,(H,38,41)/t27-,30?,31+/m0/s1. The van der Waals surface area contributed by atoms with Gasteiger partial charge in [-0.25, -0.2) is 0 Å². The van der Waals surface area contributed by atoms with Crippen molar-refractivity contribution in [3.63, 3.8) is 0 Å². The average molecular weight is 567 g/mol. The Labute approximate surface area is 247 Å². The Morgan fingerprint density at radius 3 is 2.02 bits per heavy atom. The molecule has 0 aliphatic carbocycles. The van der Waals surface area contributed by atoms with Gasteiger partial charge < -0.3 is 15.4 Å². The number of nitriles is 1. The first-order valence-electron chi connectivity index (χ1n) is 14.3. The lowest BCUT2D eigenvalue weighted by atomic mass is 9.84. The first-order valence-corrected chi connectivity index (χ1v) is 14.3. The van der Waals surface area contributed by atoms with Crippen LogP contribution in [0, 0.1) is 11.3 Å². The fourth-order valence-electron chi connectivity index (χ4n) is 5.26. The maximum atomic E-state index is 14.3. The van der Waals surface area contributed by atoms with Crippen molar-refractivity contribution in [3.8, 4) is 6.07 Å². The Hall–Kier alpha value is -4.32. The second-order valence-electron chi connectivity index (χ2n) is 11.5. The summed E-state index contributed by atoms with van der Waals surface area (Å²) >= 11 is 0. The molecule has 4 rings (SSSR count). The summed E-state index contributed by atoms with van der Waals surface area (Å²) in [5.41, 5.74) is 2.11. The van der Waals surface area contributed by atoms with E-state index in [1.54, 1.807) is 45.0 Å². The van der Waals surface area contributed by atoms with Gasteiger partial charge in [-0.15, -0.1) is 0 Å². The summed E-state index contributed by atoms with van der Waals surface area (Å²) in [5.74, 6) is -1.55. The largest absolute Gasteiger partial charge is 0.459 e. The SMILES string of the molecule is CC(C)(C)OC(=O)CN[C@@H](C(=O)NC(C(=O)[C@@H]1CCCN1)c1ccc(C#N)cc1)C(c1ccccc1)c1ccccc1. The van der Waals surface area contributed by atoms with Gasteiger partial charge in [-0.2, -0.15) is 5.26 Å². The molecule has 1 unspecified atom stereocenters. The number of nitrogens with zero attached hydrogens (tertiary/aromatic N) is 1. The molecule has 1 aliphatic heterocycles. The molecule has 1 amide bonds. The van der Waals surface area contributed by atoms with Crippen molar-refractivity contribution in [2.24, 2.45) is 0 Å². The molecule has 3 N–H and O–H groups in total. The van der Waals surface area contributed by atoms with Crippen LogP contribution in [0.5, 0.6) is 0 Å². The topological polar surface area (TPSA) is 120 Å². The van der Waals surface area contributed by atoms with Crippen molar-refractivity contribution in [2.75, 3.05) is 13.1 Å². The molecular formula is C34H38N4O4. The molecule has 1 saturated heterocycles. The highest BCUT2D eigenvalue weighted by molar-refractivity contribution is 5.95. The van der Waals surface area contributed by atoms with Crippen molar-refractivity contribution in [1.29, 1.82) is 5.26 Å². The Kier molecular flexibility index (Phi) is 10.2. The molecule has 0 radical (unpaired) electrons. The van der Waals surface area contributed by atoms with Gasteiger partial charge in [0, 0.05) is 5.92 Å². The maximum absolute atomic E-state index is 14.3. The number of carbonyl (C=O) groups excluding carboxylic acids is 3. The third kappa shape index (κ3) is 8.12. The van der Waals surface area contributed by atoms with Gasteiger partial charge in [0.2, 0.25) is 5.91 Å². The molecule has 3 aromatic rings. The number of esters is 1. The van der Waals surface area contributed by atoms with Crippen LogP contribution in [0.3, 0.4) is 0 Å². The zero-order valence-electron chi connectivity index (χ0n) is 24.3. The molecule has 1 fully saturated rings. The summed E-state index contributed by atoms with van der Waals surface area (Å²) in [4.78, 5) is 40.8. The summed E-state index contributed by atoms with van der Waals surface area (Å²) in [5, 5.41) is 18.7. The number of benzene rings is 3. The molecule has 1 heterocycles. The summed E-state index contributed by atoms with van der Waals surface area (Å²) in [7, 11) is 0. The van der Waals surface area contributed by atoms with Gasteiger partial charge in [0.25, 0.3) is 0 Å². The number of nitrogens with one attached hydrogen (secondary N) is 3. The third-order valence-electron chi connectivity index (χ3n) is 7.17. The molecule has 0 spiro atoms. The van der Waals surface area contributed by atoms with Gasteiger partial charge in [0.15, 0.2) is 5.78 Å². The van der Waals surface area contributed by atoms with E-state index >= 15 is 0 Å². The van der Waals surface area contributed by atoms with E-state index in [1.807, 2.05) is 60.7 Å². The van der Waals surface area contributed by atoms with Crippen LogP contribution in [-0.4, -0.2) is 48.4 Å². The number of hydrogen-bond donors (Lipinski definition) is 3. The van der Waals surface area contributed by atoms with Crippen LogP contribution >= 0.6 is 0 Å². The Bertz CT molecular complexity index is 1350. The van der Waals surface area contributed by atoms with Crippen LogP contribution in [0.1, 0.15) is 67.8 Å². The Morgan fingerprint density at radius 2 is 1.52 bits per heavy atom. The van der Waals surface area contributed by atoms with E-state index in [2.05, 4.69) is 22.0 Å². The maximum Gasteiger partial charge on any atom is 0.320 e. The van der Waals surface area contributed by atoms with E-state index in [0.717, 1.165) is 24.1 Å². The molecule has 0 bridgehead atoms. The third-order valence-corrected chi connectivity index (χ3v) is 7.17. The predicted molar refractivity (Wildman–Crippen MR) is 160 cm³/mol. The fourth-order valence-corrected chi connectivity index (χ4v) is 5.26. The van der Waals surface area contributed by atoms with Gasteiger partial charge in [0.05, 0.1) is 30.3 Å². The normalized spacial score (nSPS) is 16.3. The first-order chi connectivity index (χ1) is 20.2. The second kappa shape index (κ2) is 14.0. The van der Waals surface area contributed by atoms with Crippen molar-refractivity contribution < 1.29 is 19.1 Å². The minimum Gasteiger partial charge on any atom is -0.459 e. The van der Waals surface area contributed by atoms with Crippen molar-refractivity contribution in [1.82, 2.24) is 16.0 Å². The monoisotopic (exact) mass is 566 g/mol. The van der Waals surface area contributed by atoms with E-state index in [-0.39, 0.29) is 12.3 Å². The smallest absolute Gasteiger partial charge is 0.320 e. The van der Waals surface area contributed by atoms with E-state index < -0.39 is 41.5 Å². The minimum absolute atomic E-state index is 0.146. The van der Waals surface area contributed by atoms with E-state index in [9.17, 15) is 19.6 Å². The van der Waals surface area contributed by atoms with Crippen LogP contribution in [0.15, 0.2) is 84.9 Å². The average Bonchev–Trinajstić information content (AvgIpc) is 3.53. The number of ether oxygens (including phenoxy) is 1. The molecule has 8 nitrogen and oxygen atoms in total. The first kappa shape index (κ1) is 30.6. The summed E-state index contributed by atoms with van der Waals surface area (Å²) in [6.07, 6.45) is 1.55. The second-order valence-corrected chi connectivity index (χ2v) is 11.5. The molecule has 0 aromatic heterocycles. The van der Waals surface area contributed by atoms with Gasteiger partial charge >= 0.3 is 5.97 Å². The minimum atomic E-state index is -0.945. The summed E-state index contributed by atoms with van der Waals surface area (Å²) in [6.45, 7) is 5.89. The molecule has 1 aliphatic rings. The molecule has 3 atom stereocenters. The van der Waals surface area contributed by atoms with Gasteiger partial charge in [-0.05, 0) is 69.0 Å². The number of ketones is 1. The van der Waals surface area contributed by atoms with Crippen LogP contribution in [-0.2, 0) is 19.1 Å². The Balaban J connectivity index is 1.72. The van der Waals surface area contributed by atoms with Crippen LogP contribution < -0.4 is 16.0 Å². The lowest BCUT2D eigenvalue weighted by molar-refractivity contribution is -0.153. The lowest BCUT2D eigenvalue weighted by Gasteiger charge is -2.31. The van der Waals surface area contributed by atoms with Gasteiger partial charge in [-0.3, -0.25) is 19.7 Å². The van der Waals surface area contributed by atoms with Crippen molar-refractivity contribution in [2.45, 2.75) is 63.3 Å². The highest BCUT2D eigenvalue weighted by Gasteiger charge is 2.36. The molecular weight excluding hydrogens is 528 g/mol. The molecule has 218 valence electrons. The molecule has 8 heteroatoms. The number of carbonyl (C=O) groups is 3. The lowest BCUT2D eigenvalue weighted by Crippen LogP contribution is -2.53. The number of amides is 1. The predicted octanol–water partition coefficient (Wildman–Crippen LogP) is 4.17. The van der Waals surface area contributed by atoms with Crippen LogP contribution in [0.4, 0.5) is 0 Å². The quantitative estimate of drug-likeness (QED) is 0.298. The zero-order chi connectivity index (χ0) is 30.1. The fraction of sp³-hybridized carbons (Fsp3) is 0.353. The zero-order valence-corrected chi connectivity index (χ0v) is 24.3. The van der Waals surface area contributed by atoms with E-state index in [0.29, 0.717) is 17.5 Å². The molecule has 0 saturated carbocycles. The highest BCUT2D eigenvalue weighted by Crippen LogP contribution is 2.29. The van der Waals surface area contributed by atoms with Crippen molar-refractivity contribution >= 4 is 17.7 Å². The van der Waals surface area contributed by atoms with E-state index in [1.165, 1.54) is 0 Å².